The molecule has 2 heterocycles. The zero-order chi connectivity index (χ0) is 16.1. The van der Waals surface area contributed by atoms with Crippen LogP contribution in [0.4, 0.5) is 0 Å². The highest BCUT2D eigenvalue weighted by molar-refractivity contribution is 5.20. The Morgan fingerprint density at radius 1 is 1.39 bits per heavy atom. The van der Waals surface area contributed by atoms with Crippen LogP contribution < -0.4 is 10.3 Å². The van der Waals surface area contributed by atoms with Gasteiger partial charge in [0.1, 0.15) is 24.3 Å². The van der Waals surface area contributed by atoms with Crippen molar-refractivity contribution >= 4 is 0 Å². The molecule has 0 unspecified atom stereocenters. The lowest BCUT2D eigenvalue weighted by Gasteiger charge is -2.32. The number of H-pyrrole nitrogens is 1. The van der Waals surface area contributed by atoms with Crippen LogP contribution in [0.1, 0.15) is 17.6 Å². The van der Waals surface area contributed by atoms with Crippen LogP contribution in [0, 0.1) is 6.92 Å². The van der Waals surface area contributed by atoms with Crippen LogP contribution in [0.25, 0.3) is 0 Å². The zero-order valence-electron chi connectivity index (χ0n) is 13.2. The maximum absolute atomic E-state index is 11.6. The van der Waals surface area contributed by atoms with Crippen LogP contribution in [-0.4, -0.2) is 47.7 Å². The zero-order valence-corrected chi connectivity index (χ0v) is 13.2. The van der Waals surface area contributed by atoms with Crippen molar-refractivity contribution in [3.63, 3.8) is 0 Å². The molecule has 0 aliphatic carbocycles. The highest BCUT2D eigenvalue weighted by atomic mass is 16.5. The molecule has 0 radical (unpaired) electrons. The maximum atomic E-state index is 11.6. The van der Waals surface area contributed by atoms with E-state index in [0.29, 0.717) is 31.3 Å². The molecule has 1 saturated heterocycles. The first kappa shape index (κ1) is 15.7. The van der Waals surface area contributed by atoms with E-state index >= 15 is 0 Å². The molecule has 1 aromatic heterocycles. The number of rotatable bonds is 5. The summed E-state index contributed by atoms with van der Waals surface area (Å²) in [5.74, 6) is 1.48. The minimum Gasteiger partial charge on any atom is -0.492 e. The molecule has 0 bridgehead atoms. The van der Waals surface area contributed by atoms with Crippen molar-refractivity contribution in [1.82, 2.24) is 14.9 Å². The number of aromatic amines is 1. The molecule has 23 heavy (non-hydrogen) atoms. The van der Waals surface area contributed by atoms with Crippen molar-refractivity contribution in [2.75, 3.05) is 32.8 Å². The van der Waals surface area contributed by atoms with Crippen molar-refractivity contribution in [3.05, 3.63) is 58.3 Å². The Balaban J connectivity index is 1.54. The highest BCUT2D eigenvalue weighted by Gasteiger charge is 2.23. The lowest BCUT2D eigenvalue weighted by atomic mass is 10.2. The highest BCUT2D eigenvalue weighted by Crippen LogP contribution is 2.18. The molecule has 6 heteroatoms. The second-order valence-corrected chi connectivity index (χ2v) is 5.59. The third-order valence-corrected chi connectivity index (χ3v) is 3.76. The summed E-state index contributed by atoms with van der Waals surface area (Å²) in [6.45, 7) is 5.41. The fourth-order valence-corrected chi connectivity index (χ4v) is 2.64. The molecular formula is C17H21N3O3. The summed E-state index contributed by atoms with van der Waals surface area (Å²) in [7, 11) is 0. The summed E-state index contributed by atoms with van der Waals surface area (Å²) in [5.41, 5.74) is 0.567. The molecule has 1 aliphatic rings. The van der Waals surface area contributed by atoms with Crippen molar-refractivity contribution in [2.24, 2.45) is 0 Å². The quantitative estimate of drug-likeness (QED) is 0.906. The molecule has 122 valence electrons. The van der Waals surface area contributed by atoms with Gasteiger partial charge >= 0.3 is 0 Å². The Morgan fingerprint density at radius 3 is 3.00 bits per heavy atom. The number of hydrogen-bond acceptors (Lipinski definition) is 5. The SMILES string of the molecule is Cc1cc(=O)[nH]c([C@@H]2CN(CCOc3ccccc3)CCO2)n1. The van der Waals surface area contributed by atoms with Crippen LogP contribution in [-0.2, 0) is 4.74 Å². The molecule has 1 atom stereocenters. The van der Waals surface area contributed by atoms with Gasteiger partial charge < -0.3 is 14.5 Å². The van der Waals surface area contributed by atoms with Gasteiger partial charge in [0.15, 0.2) is 0 Å². The first-order valence-corrected chi connectivity index (χ1v) is 7.80. The molecule has 1 aliphatic heterocycles. The molecule has 3 rings (SSSR count). The fraction of sp³-hybridized carbons (Fsp3) is 0.412. The van der Waals surface area contributed by atoms with Crippen LogP contribution in [0.5, 0.6) is 5.75 Å². The minimum absolute atomic E-state index is 0.138. The average molecular weight is 315 g/mol. The predicted molar refractivity (Wildman–Crippen MR) is 86.7 cm³/mol. The van der Waals surface area contributed by atoms with Gasteiger partial charge in [-0.1, -0.05) is 18.2 Å². The number of ether oxygens (including phenoxy) is 2. The Bertz CT molecular complexity index is 687. The summed E-state index contributed by atoms with van der Waals surface area (Å²) in [6.07, 6.45) is -0.201. The normalized spacial score (nSPS) is 18.7. The summed E-state index contributed by atoms with van der Waals surface area (Å²) >= 11 is 0. The van der Waals surface area contributed by atoms with E-state index in [1.54, 1.807) is 0 Å². The molecule has 1 N–H and O–H groups in total. The fourth-order valence-electron chi connectivity index (χ4n) is 2.64. The first-order chi connectivity index (χ1) is 11.2. The predicted octanol–water partition coefficient (Wildman–Crippen LogP) is 1.53. The molecule has 6 nitrogen and oxygen atoms in total. The number of nitrogens with zero attached hydrogens (tertiary/aromatic N) is 2. The molecule has 0 spiro atoms. The molecule has 1 fully saturated rings. The Hall–Kier alpha value is -2.18. The van der Waals surface area contributed by atoms with Gasteiger partial charge in [-0.2, -0.15) is 0 Å². The third-order valence-electron chi connectivity index (χ3n) is 3.76. The molecule has 2 aromatic rings. The van der Waals surface area contributed by atoms with Crippen molar-refractivity contribution in [1.29, 1.82) is 0 Å². The molecule has 0 amide bonds. The van der Waals surface area contributed by atoms with Gasteiger partial charge in [-0.05, 0) is 19.1 Å². The number of benzene rings is 1. The van der Waals surface area contributed by atoms with Crippen molar-refractivity contribution < 1.29 is 9.47 Å². The lowest BCUT2D eigenvalue weighted by Crippen LogP contribution is -2.41. The van der Waals surface area contributed by atoms with E-state index in [0.717, 1.165) is 18.8 Å². The monoisotopic (exact) mass is 315 g/mol. The van der Waals surface area contributed by atoms with Gasteiger partial charge in [0.25, 0.3) is 5.56 Å². The van der Waals surface area contributed by atoms with E-state index in [1.807, 2.05) is 37.3 Å². The van der Waals surface area contributed by atoms with Gasteiger partial charge in [-0.25, -0.2) is 4.98 Å². The van der Waals surface area contributed by atoms with E-state index < -0.39 is 0 Å². The third kappa shape index (κ3) is 4.40. The molecule has 0 saturated carbocycles. The van der Waals surface area contributed by atoms with Crippen LogP contribution in [0.3, 0.4) is 0 Å². The largest absolute Gasteiger partial charge is 0.492 e. The van der Waals surface area contributed by atoms with E-state index in [4.69, 9.17) is 9.47 Å². The Kier molecular flexibility index (Phi) is 5.05. The van der Waals surface area contributed by atoms with Crippen LogP contribution in [0.15, 0.2) is 41.2 Å². The van der Waals surface area contributed by atoms with Crippen LogP contribution in [0.2, 0.25) is 0 Å². The molecular weight excluding hydrogens is 294 g/mol. The summed E-state index contributed by atoms with van der Waals surface area (Å²) in [4.78, 5) is 21.0. The van der Waals surface area contributed by atoms with E-state index in [9.17, 15) is 4.79 Å². The van der Waals surface area contributed by atoms with E-state index in [-0.39, 0.29) is 11.7 Å². The summed E-state index contributed by atoms with van der Waals surface area (Å²) in [5, 5.41) is 0. The number of aromatic nitrogens is 2. The van der Waals surface area contributed by atoms with E-state index in [1.165, 1.54) is 6.07 Å². The average Bonchev–Trinajstić information content (AvgIpc) is 2.55. The minimum atomic E-state index is -0.201. The van der Waals surface area contributed by atoms with Gasteiger partial charge in [0, 0.05) is 31.4 Å². The van der Waals surface area contributed by atoms with Crippen molar-refractivity contribution in [3.8, 4) is 5.75 Å². The number of nitrogens with one attached hydrogen (secondary N) is 1. The van der Waals surface area contributed by atoms with Crippen molar-refractivity contribution in [2.45, 2.75) is 13.0 Å². The van der Waals surface area contributed by atoms with Gasteiger partial charge in [0.05, 0.1) is 6.61 Å². The summed E-state index contributed by atoms with van der Waals surface area (Å²) < 4.78 is 11.5. The topological polar surface area (TPSA) is 67.5 Å². The lowest BCUT2D eigenvalue weighted by molar-refractivity contribution is -0.0373. The van der Waals surface area contributed by atoms with Gasteiger partial charge in [-0.15, -0.1) is 0 Å². The van der Waals surface area contributed by atoms with E-state index in [2.05, 4.69) is 14.9 Å². The Labute approximate surface area is 135 Å². The second-order valence-electron chi connectivity index (χ2n) is 5.59. The summed E-state index contributed by atoms with van der Waals surface area (Å²) in [6, 6.07) is 11.3. The standard InChI is InChI=1S/C17H21N3O3/c1-13-11-16(21)19-17(18-13)15-12-20(8-10-23-15)7-9-22-14-5-3-2-4-6-14/h2-6,11,15H,7-10,12H2,1H3,(H,18,19,21)/t15-/m0/s1. The van der Waals surface area contributed by atoms with Gasteiger partial charge in [0.2, 0.25) is 0 Å². The number of para-hydroxylation sites is 1. The Morgan fingerprint density at radius 2 is 2.22 bits per heavy atom. The van der Waals surface area contributed by atoms with Crippen LogP contribution >= 0.6 is 0 Å². The maximum Gasteiger partial charge on any atom is 0.251 e. The number of hydrogen-bond donors (Lipinski definition) is 1. The smallest absolute Gasteiger partial charge is 0.251 e. The number of morpholine rings is 1. The first-order valence-electron chi connectivity index (χ1n) is 7.80. The second kappa shape index (κ2) is 7.39. The van der Waals surface area contributed by atoms with Gasteiger partial charge in [-0.3, -0.25) is 9.69 Å². The number of aryl methyl sites for hydroxylation is 1. The molecule has 1 aromatic carbocycles.